The lowest BCUT2D eigenvalue weighted by atomic mass is 10.0. The Labute approximate surface area is 138 Å². The Morgan fingerprint density at radius 3 is 2.74 bits per heavy atom. The molecule has 0 radical (unpaired) electrons. The number of para-hydroxylation sites is 1. The number of nitrogens with one attached hydrogen (secondary N) is 1. The van der Waals surface area contributed by atoms with Crippen LogP contribution >= 0.6 is 0 Å². The van der Waals surface area contributed by atoms with Crippen LogP contribution in [0.5, 0.6) is 5.75 Å². The summed E-state index contributed by atoms with van der Waals surface area (Å²) in [5, 5.41) is 13.6. The van der Waals surface area contributed by atoms with Gasteiger partial charge in [-0.15, -0.1) is 0 Å². The number of rotatable bonds is 4. The molecule has 0 saturated carbocycles. The van der Waals surface area contributed by atoms with Gasteiger partial charge in [0.25, 0.3) is 0 Å². The van der Waals surface area contributed by atoms with Gasteiger partial charge in [-0.2, -0.15) is 0 Å². The molecule has 128 valence electrons. The van der Waals surface area contributed by atoms with Gasteiger partial charge in [-0.3, -0.25) is 0 Å². The molecule has 1 aliphatic heterocycles. The van der Waals surface area contributed by atoms with Gasteiger partial charge in [-0.1, -0.05) is 25.1 Å². The highest BCUT2D eigenvalue weighted by atomic mass is 16.6. The molecule has 0 spiro atoms. The maximum absolute atomic E-state index is 12.1. The quantitative estimate of drug-likeness (QED) is 0.892. The number of benzene rings is 1. The number of hydrogen-bond acceptors (Lipinski definition) is 4. The largest absolute Gasteiger partial charge is 0.508 e. The molecular weight excluding hydrogens is 292 g/mol. The van der Waals surface area contributed by atoms with E-state index in [1.807, 2.05) is 39.0 Å². The summed E-state index contributed by atoms with van der Waals surface area (Å²) >= 11 is 0. The number of hydrogen-bond donors (Lipinski definition) is 2. The van der Waals surface area contributed by atoms with Gasteiger partial charge in [0.1, 0.15) is 11.4 Å². The Bertz CT molecular complexity index is 539. The maximum Gasteiger partial charge on any atom is 0.410 e. The first kappa shape index (κ1) is 17.6. The zero-order valence-electron chi connectivity index (χ0n) is 14.5. The molecule has 2 unspecified atom stereocenters. The van der Waals surface area contributed by atoms with Gasteiger partial charge < -0.3 is 20.1 Å². The van der Waals surface area contributed by atoms with Crippen LogP contribution in [0.3, 0.4) is 0 Å². The average Bonchev–Trinajstić information content (AvgIpc) is 2.92. The van der Waals surface area contributed by atoms with E-state index in [2.05, 4.69) is 12.2 Å². The monoisotopic (exact) mass is 320 g/mol. The van der Waals surface area contributed by atoms with E-state index in [1.165, 1.54) is 0 Å². The lowest BCUT2D eigenvalue weighted by Crippen LogP contribution is -2.39. The zero-order valence-corrected chi connectivity index (χ0v) is 14.5. The minimum Gasteiger partial charge on any atom is -0.508 e. The molecule has 2 rings (SSSR count). The molecule has 1 aromatic carbocycles. The van der Waals surface area contributed by atoms with E-state index in [1.54, 1.807) is 11.0 Å². The molecule has 1 amide bonds. The van der Waals surface area contributed by atoms with E-state index in [0.717, 1.165) is 18.4 Å². The molecule has 1 fully saturated rings. The van der Waals surface area contributed by atoms with Crippen molar-refractivity contribution in [1.29, 1.82) is 0 Å². The number of carbonyl (C=O) groups excluding carboxylic acids is 1. The van der Waals surface area contributed by atoms with Gasteiger partial charge in [0.05, 0.1) is 0 Å². The van der Waals surface area contributed by atoms with Gasteiger partial charge in [-0.05, 0) is 39.7 Å². The van der Waals surface area contributed by atoms with Gasteiger partial charge in [0.15, 0.2) is 0 Å². The highest BCUT2D eigenvalue weighted by Gasteiger charge is 2.31. The first-order chi connectivity index (χ1) is 10.8. The molecular formula is C18H28N2O3. The lowest BCUT2D eigenvalue weighted by molar-refractivity contribution is 0.0290. The molecule has 0 aliphatic carbocycles. The Hall–Kier alpha value is -1.75. The fourth-order valence-electron chi connectivity index (χ4n) is 2.88. The van der Waals surface area contributed by atoms with Crippen LogP contribution in [0.2, 0.25) is 0 Å². The number of aromatic hydroxyl groups is 1. The predicted octanol–water partition coefficient (Wildman–Crippen LogP) is 3.44. The van der Waals surface area contributed by atoms with Crippen LogP contribution in [-0.2, 0) is 4.74 Å². The standard InChI is InChI=1S/C18H28N2O3/c1-5-15(14-8-6-7-9-16(14)21)19-13-10-11-20(12-13)17(22)23-18(2,3)4/h6-9,13,15,19,21H,5,10-12H2,1-4H3. The Kier molecular flexibility index (Phi) is 5.52. The molecule has 23 heavy (non-hydrogen) atoms. The number of phenolic OH excluding ortho intramolecular Hbond substituents is 1. The van der Waals surface area contributed by atoms with Crippen molar-refractivity contribution >= 4 is 6.09 Å². The van der Waals surface area contributed by atoms with E-state index in [0.29, 0.717) is 18.8 Å². The van der Waals surface area contributed by atoms with E-state index in [9.17, 15) is 9.90 Å². The van der Waals surface area contributed by atoms with E-state index in [4.69, 9.17) is 4.74 Å². The molecule has 5 nitrogen and oxygen atoms in total. The second-order valence-corrected chi connectivity index (χ2v) is 7.10. The van der Waals surface area contributed by atoms with Crippen LogP contribution in [0, 0.1) is 0 Å². The van der Waals surface area contributed by atoms with Crippen molar-refractivity contribution in [1.82, 2.24) is 10.2 Å². The van der Waals surface area contributed by atoms with Crippen molar-refractivity contribution < 1.29 is 14.6 Å². The lowest BCUT2D eigenvalue weighted by Gasteiger charge is -2.25. The fraction of sp³-hybridized carbons (Fsp3) is 0.611. The molecule has 1 aromatic rings. The summed E-state index contributed by atoms with van der Waals surface area (Å²) in [5.41, 5.74) is 0.440. The van der Waals surface area contributed by atoms with Crippen molar-refractivity contribution in [3.8, 4) is 5.75 Å². The van der Waals surface area contributed by atoms with Crippen LogP contribution in [0.25, 0.3) is 0 Å². The summed E-state index contributed by atoms with van der Waals surface area (Å²) in [6, 6.07) is 7.71. The van der Waals surface area contributed by atoms with Crippen LogP contribution in [0.15, 0.2) is 24.3 Å². The molecule has 1 heterocycles. The summed E-state index contributed by atoms with van der Waals surface area (Å²) in [6.45, 7) is 9.06. The topological polar surface area (TPSA) is 61.8 Å². The number of carbonyl (C=O) groups is 1. The third kappa shape index (κ3) is 4.86. The Morgan fingerprint density at radius 2 is 2.13 bits per heavy atom. The summed E-state index contributed by atoms with van der Waals surface area (Å²) in [4.78, 5) is 13.9. The number of likely N-dealkylation sites (tertiary alicyclic amines) is 1. The number of ether oxygens (including phenoxy) is 1. The summed E-state index contributed by atoms with van der Waals surface area (Å²) in [6.07, 6.45) is 1.52. The number of nitrogens with zero attached hydrogens (tertiary/aromatic N) is 1. The Morgan fingerprint density at radius 1 is 1.43 bits per heavy atom. The van der Waals surface area contributed by atoms with E-state index < -0.39 is 5.60 Å². The molecule has 0 aromatic heterocycles. The summed E-state index contributed by atoms with van der Waals surface area (Å²) in [5.74, 6) is 0.314. The summed E-state index contributed by atoms with van der Waals surface area (Å²) < 4.78 is 5.42. The third-order valence-electron chi connectivity index (χ3n) is 4.00. The first-order valence-corrected chi connectivity index (χ1v) is 8.32. The predicted molar refractivity (Wildman–Crippen MR) is 90.5 cm³/mol. The molecule has 5 heteroatoms. The highest BCUT2D eigenvalue weighted by molar-refractivity contribution is 5.68. The van der Waals surface area contributed by atoms with Crippen molar-refractivity contribution in [2.24, 2.45) is 0 Å². The minimum absolute atomic E-state index is 0.0831. The van der Waals surface area contributed by atoms with Gasteiger partial charge in [-0.25, -0.2) is 4.79 Å². The summed E-state index contributed by atoms with van der Waals surface area (Å²) in [7, 11) is 0. The smallest absolute Gasteiger partial charge is 0.410 e. The molecule has 2 atom stereocenters. The number of amides is 1. The van der Waals surface area contributed by atoms with Gasteiger partial charge >= 0.3 is 6.09 Å². The SMILES string of the molecule is CCC(NC1CCN(C(=O)OC(C)(C)C)C1)c1ccccc1O. The van der Waals surface area contributed by atoms with Crippen LogP contribution < -0.4 is 5.32 Å². The zero-order chi connectivity index (χ0) is 17.0. The second-order valence-electron chi connectivity index (χ2n) is 7.10. The van der Waals surface area contributed by atoms with Gasteiger partial charge in [0, 0.05) is 30.7 Å². The van der Waals surface area contributed by atoms with Crippen LogP contribution in [0.1, 0.15) is 52.1 Å². The molecule has 2 N–H and O–H groups in total. The van der Waals surface area contributed by atoms with E-state index in [-0.39, 0.29) is 18.2 Å². The van der Waals surface area contributed by atoms with Crippen molar-refractivity contribution in [2.45, 2.75) is 58.2 Å². The van der Waals surface area contributed by atoms with E-state index >= 15 is 0 Å². The normalized spacial score (nSPS) is 19.7. The molecule has 1 aliphatic rings. The first-order valence-electron chi connectivity index (χ1n) is 8.32. The van der Waals surface area contributed by atoms with Crippen LogP contribution in [0.4, 0.5) is 4.79 Å². The van der Waals surface area contributed by atoms with Crippen molar-refractivity contribution in [3.63, 3.8) is 0 Å². The van der Waals surface area contributed by atoms with Crippen molar-refractivity contribution in [3.05, 3.63) is 29.8 Å². The Balaban J connectivity index is 1.94. The fourth-order valence-corrected chi connectivity index (χ4v) is 2.88. The highest BCUT2D eigenvalue weighted by Crippen LogP contribution is 2.27. The maximum atomic E-state index is 12.1. The molecule has 1 saturated heterocycles. The van der Waals surface area contributed by atoms with Crippen molar-refractivity contribution in [2.75, 3.05) is 13.1 Å². The third-order valence-corrected chi connectivity index (χ3v) is 4.00. The second kappa shape index (κ2) is 7.21. The number of phenols is 1. The average molecular weight is 320 g/mol. The van der Waals surface area contributed by atoms with Crippen LogP contribution in [-0.4, -0.2) is 40.8 Å². The van der Waals surface area contributed by atoms with Gasteiger partial charge in [0.2, 0.25) is 0 Å². The molecule has 0 bridgehead atoms. The minimum atomic E-state index is -0.468.